The van der Waals surface area contributed by atoms with E-state index in [0.717, 1.165) is 0 Å². The number of hydrogen-bond donors (Lipinski definition) is 32. The second-order valence-corrected chi connectivity index (χ2v) is 45.6. The van der Waals surface area contributed by atoms with Crippen LogP contribution in [0.25, 0.3) is 0 Å². The zero-order valence-corrected chi connectivity index (χ0v) is 54.0. The molecule has 0 aliphatic carbocycles. The van der Waals surface area contributed by atoms with E-state index in [9.17, 15) is 73.0 Å². The number of nitrogens with zero attached hydrogens (tertiary/aromatic N) is 4. The van der Waals surface area contributed by atoms with Gasteiger partial charge in [-0.2, -0.15) is 0 Å². The van der Waals surface area contributed by atoms with E-state index < -0.39 is 169 Å². The van der Waals surface area contributed by atoms with Gasteiger partial charge in [-0.15, -0.1) is 0 Å². The first kappa shape index (κ1) is 95.4. The Morgan fingerprint density at radius 1 is 0.146 bits per heavy atom. The van der Waals surface area contributed by atoms with Gasteiger partial charge in [0.2, 0.25) is 0 Å². The molecule has 504 valence electrons. The molecule has 0 amide bonds. The smallest absolute Gasteiger partial charge is 0.324 e. The van der Waals surface area contributed by atoms with Crippen LogP contribution in [0.1, 0.15) is 0 Å². The van der Waals surface area contributed by atoms with Crippen molar-refractivity contribution in [3.63, 3.8) is 0 Å². The lowest BCUT2D eigenvalue weighted by atomic mass is 10.4. The molecule has 0 radical (unpaired) electrons. The Morgan fingerprint density at radius 2 is 0.195 bits per heavy atom. The van der Waals surface area contributed by atoms with Crippen LogP contribution in [-0.4, -0.2) is 263 Å². The van der Waals surface area contributed by atoms with E-state index in [1.165, 1.54) is 40.0 Å². The summed E-state index contributed by atoms with van der Waals surface area (Å²) in [7, 11) is -72.8. The third-order valence-electron chi connectivity index (χ3n) is 5.35. The lowest BCUT2D eigenvalue weighted by Gasteiger charge is -2.56. The van der Waals surface area contributed by atoms with Gasteiger partial charge in [0.1, 0.15) is 0 Å². The topological polar surface area (TPSA) is 933 Å². The molecular weight excluding hydrogens is 1490 g/mol. The van der Waals surface area contributed by atoms with Crippen LogP contribution in [0.15, 0.2) is 0 Å². The van der Waals surface area contributed by atoms with Crippen molar-refractivity contribution in [2.45, 2.75) is 0 Å². The second kappa shape index (κ2) is 36.5. The summed E-state index contributed by atoms with van der Waals surface area (Å²) in [6, 6.07) is 0. The first-order valence-electron chi connectivity index (χ1n) is 18.2. The van der Waals surface area contributed by atoms with E-state index >= 15 is 0 Å². The van der Waals surface area contributed by atoms with Gasteiger partial charge in [-0.3, -0.25) is 92.6 Å². The van der Waals surface area contributed by atoms with Crippen molar-refractivity contribution >= 4 is 122 Å². The van der Waals surface area contributed by atoms with Crippen LogP contribution in [0.2, 0.25) is 0 Å². The highest BCUT2D eigenvalue weighted by Gasteiger charge is 2.37. The highest BCUT2D eigenvalue weighted by molar-refractivity contribution is 7.72. The van der Waals surface area contributed by atoms with Gasteiger partial charge in [0.25, 0.3) is 0 Å². The largest absolute Gasteiger partial charge is 0.337 e. The Morgan fingerprint density at radius 3 is 0.220 bits per heavy atom. The fourth-order valence-electron chi connectivity index (χ4n) is 4.15. The van der Waals surface area contributed by atoms with E-state index in [-0.39, 0.29) is 0 Å². The zero-order valence-electron chi connectivity index (χ0n) is 39.7. The quantitative estimate of drug-likeness (QED) is 0.0639. The molecule has 82 heavy (non-hydrogen) atoms. The van der Waals surface area contributed by atoms with Crippen LogP contribution in [0.4, 0.5) is 0 Å². The predicted octanol–water partition coefficient (Wildman–Crippen LogP) is -6.63. The van der Waals surface area contributed by atoms with Gasteiger partial charge in [0, 0.05) is 0 Å². The minimum atomic E-state index is -4.55. The van der Waals surface area contributed by atoms with Gasteiger partial charge in [-0.1, -0.05) is 0 Å². The molecule has 0 aromatic carbocycles. The van der Waals surface area contributed by atoms with Crippen molar-refractivity contribution < 1.29 is 230 Å². The molecule has 4 rings (SSSR count). The standard InChI is InChI=1S/C6H12N4.8CH6O6P2/c1-7-2-9-4-8(1)5-10(3-7)6-9;8*2-8(3,4)1-9(5,6)7/h1-6H2;8*1H2,(H2,2,3,4)(H2,5,6,7). The summed E-state index contributed by atoms with van der Waals surface area (Å²) in [6.45, 7) is 7.12. The maximum absolute atomic E-state index is 9.85. The summed E-state index contributed by atoms with van der Waals surface area (Å²) in [6.07, 6.45) is 0. The van der Waals surface area contributed by atoms with E-state index in [4.69, 9.17) is 157 Å². The molecule has 0 atom stereocenters. The maximum Gasteiger partial charge on any atom is 0.337 e. The average molecular weight is 1550 g/mol. The molecule has 0 spiro atoms. The number of rotatable bonds is 16. The minimum absolute atomic E-state index is 1.19. The molecule has 0 aromatic heterocycles. The number of hydrogen-bond acceptors (Lipinski definition) is 20. The normalized spacial score (nSPS) is 19.1. The van der Waals surface area contributed by atoms with Gasteiger partial charge >= 0.3 is 122 Å². The summed E-state index contributed by atoms with van der Waals surface area (Å²) < 4.78 is 158. The molecular formula is C14H60N4O48P16. The van der Waals surface area contributed by atoms with Gasteiger partial charge in [0.15, 0.2) is 47.2 Å². The van der Waals surface area contributed by atoms with Gasteiger partial charge in [-0.25, -0.2) is 0 Å². The van der Waals surface area contributed by atoms with Crippen molar-refractivity contribution in [3.8, 4) is 0 Å². The maximum atomic E-state index is 9.85. The van der Waals surface area contributed by atoms with E-state index in [1.807, 2.05) is 0 Å². The van der Waals surface area contributed by atoms with Crippen LogP contribution in [-0.2, 0) is 73.0 Å². The molecule has 4 heterocycles. The molecule has 4 aliphatic heterocycles. The van der Waals surface area contributed by atoms with Crippen LogP contribution in [0.3, 0.4) is 0 Å². The Kier molecular flexibility index (Phi) is 42.4. The van der Waals surface area contributed by atoms with Crippen LogP contribution in [0.5, 0.6) is 0 Å². The summed E-state index contributed by atoms with van der Waals surface area (Å²) in [4.78, 5) is 265. The highest BCUT2D eigenvalue weighted by Crippen LogP contribution is 2.56. The van der Waals surface area contributed by atoms with Crippen molar-refractivity contribution in [1.82, 2.24) is 19.6 Å². The van der Waals surface area contributed by atoms with Crippen LogP contribution >= 0.6 is 122 Å². The summed E-state index contributed by atoms with van der Waals surface area (Å²) in [5.74, 6) is -11.0. The third-order valence-corrected chi connectivity index (χ3v) is 28.9. The van der Waals surface area contributed by atoms with E-state index in [1.54, 1.807) is 0 Å². The molecule has 52 nitrogen and oxygen atoms in total. The summed E-state index contributed by atoms with van der Waals surface area (Å²) >= 11 is 0. The Labute approximate surface area is 456 Å². The fraction of sp³-hybridized carbons (Fsp3) is 1.00. The molecule has 4 saturated heterocycles. The van der Waals surface area contributed by atoms with Gasteiger partial charge in [0.05, 0.1) is 40.0 Å². The predicted molar refractivity (Wildman–Crippen MR) is 268 cm³/mol. The SMILES string of the molecule is C1N2CN3CN1CN(C2)C3.O=P(O)(O)CP(=O)(O)O.O=P(O)(O)CP(=O)(O)O.O=P(O)(O)CP(=O)(O)O.O=P(O)(O)CP(=O)(O)O.O=P(O)(O)CP(=O)(O)O.O=P(O)(O)CP(=O)(O)O.O=P(O)(O)CP(=O)(O)O.O=P(O)(O)CP(=O)(O)O. The summed E-state index contributed by atoms with van der Waals surface area (Å²) in [5, 5.41) is 0. The van der Waals surface area contributed by atoms with Gasteiger partial charge < -0.3 is 157 Å². The molecule has 0 unspecified atom stereocenters. The Bertz CT molecular complexity index is 2020. The lowest BCUT2D eigenvalue weighted by molar-refractivity contribution is -0.194. The van der Waals surface area contributed by atoms with Crippen LogP contribution < -0.4 is 0 Å². The first-order chi connectivity index (χ1) is 34.6. The van der Waals surface area contributed by atoms with Crippen LogP contribution in [0, 0.1) is 0 Å². The Hall–Kier alpha value is 2.24. The monoisotopic (exact) mass is 1550 g/mol. The van der Waals surface area contributed by atoms with Crippen molar-refractivity contribution in [2.24, 2.45) is 0 Å². The molecule has 32 N–H and O–H groups in total. The molecule has 4 bridgehead atoms. The minimum Gasteiger partial charge on any atom is -0.324 e. The zero-order chi connectivity index (χ0) is 68.2. The molecule has 68 heteroatoms. The second-order valence-electron chi connectivity index (χ2n) is 15.3. The molecule has 4 aliphatic rings. The molecule has 4 fully saturated rings. The summed E-state index contributed by atoms with van der Waals surface area (Å²) in [5.41, 5.74) is 0. The van der Waals surface area contributed by atoms with Crippen molar-refractivity contribution in [3.05, 3.63) is 0 Å². The lowest BCUT2D eigenvalue weighted by Crippen LogP contribution is -2.71. The molecule has 0 saturated carbocycles. The third kappa shape index (κ3) is 98.5. The van der Waals surface area contributed by atoms with E-state index in [2.05, 4.69) is 19.6 Å². The van der Waals surface area contributed by atoms with Crippen molar-refractivity contribution in [2.75, 3.05) is 87.2 Å². The van der Waals surface area contributed by atoms with Crippen molar-refractivity contribution in [1.29, 1.82) is 0 Å². The highest BCUT2D eigenvalue weighted by atomic mass is 31.3. The molecule has 0 aromatic rings. The Balaban J connectivity index is -0.000000198. The van der Waals surface area contributed by atoms with E-state index in [0.29, 0.717) is 0 Å². The first-order valence-corrected chi connectivity index (χ1v) is 46.9. The average Bonchev–Trinajstić information content (AvgIpc) is 2.92. The van der Waals surface area contributed by atoms with Gasteiger partial charge in [-0.05, 0) is 0 Å². The fourth-order valence-corrected chi connectivity index (χ4v) is 19.5.